The Morgan fingerprint density at radius 1 is 1.15 bits per heavy atom. The summed E-state index contributed by atoms with van der Waals surface area (Å²) in [6.45, 7) is 2.00. The van der Waals surface area contributed by atoms with Crippen molar-refractivity contribution < 1.29 is 23.3 Å². The van der Waals surface area contributed by atoms with Crippen LogP contribution in [0.2, 0.25) is 0 Å². The van der Waals surface area contributed by atoms with Gasteiger partial charge in [-0.3, -0.25) is 9.59 Å². The SMILES string of the molecule is Cc1nc(COc2ccc(C(=O)NCC(=O)NCc3ccco3)cc2)no1. The minimum atomic E-state index is -0.358. The molecule has 2 aromatic heterocycles. The molecule has 0 aliphatic rings. The number of aryl methyl sites for hydroxylation is 1. The second-order valence-electron chi connectivity index (χ2n) is 5.58. The van der Waals surface area contributed by atoms with Crippen molar-refractivity contribution in [3.05, 3.63) is 65.7 Å². The first-order valence-electron chi connectivity index (χ1n) is 8.19. The number of rotatable bonds is 8. The highest BCUT2D eigenvalue weighted by atomic mass is 16.5. The number of nitrogens with one attached hydrogen (secondary N) is 2. The zero-order valence-corrected chi connectivity index (χ0v) is 14.6. The Labute approximate surface area is 154 Å². The van der Waals surface area contributed by atoms with Gasteiger partial charge in [-0.1, -0.05) is 5.16 Å². The van der Waals surface area contributed by atoms with Crippen LogP contribution in [0.5, 0.6) is 5.75 Å². The normalized spacial score (nSPS) is 10.4. The summed E-state index contributed by atoms with van der Waals surface area (Å²) in [7, 11) is 0. The second kappa shape index (κ2) is 8.65. The van der Waals surface area contributed by atoms with Gasteiger partial charge >= 0.3 is 0 Å². The van der Waals surface area contributed by atoms with Crippen molar-refractivity contribution in [1.29, 1.82) is 0 Å². The summed E-state index contributed by atoms with van der Waals surface area (Å²) in [6.07, 6.45) is 1.53. The van der Waals surface area contributed by atoms with Gasteiger partial charge < -0.3 is 24.3 Å². The van der Waals surface area contributed by atoms with Gasteiger partial charge in [0.15, 0.2) is 6.61 Å². The summed E-state index contributed by atoms with van der Waals surface area (Å²) < 4.78 is 15.5. The highest BCUT2D eigenvalue weighted by Crippen LogP contribution is 2.13. The number of benzene rings is 1. The van der Waals surface area contributed by atoms with Gasteiger partial charge in [0, 0.05) is 12.5 Å². The predicted octanol–water partition coefficient (Wildman–Crippen LogP) is 1.60. The minimum absolute atomic E-state index is 0.130. The quantitative estimate of drug-likeness (QED) is 0.618. The molecular weight excluding hydrogens is 352 g/mol. The van der Waals surface area contributed by atoms with E-state index < -0.39 is 0 Å². The van der Waals surface area contributed by atoms with Gasteiger partial charge in [-0.2, -0.15) is 4.98 Å². The van der Waals surface area contributed by atoms with E-state index in [2.05, 4.69) is 20.8 Å². The molecule has 27 heavy (non-hydrogen) atoms. The summed E-state index contributed by atoms with van der Waals surface area (Å²) in [5, 5.41) is 8.93. The molecular formula is C18H18N4O5. The first-order valence-corrected chi connectivity index (χ1v) is 8.19. The van der Waals surface area contributed by atoms with E-state index in [1.165, 1.54) is 6.26 Å². The fraction of sp³-hybridized carbons (Fsp3) is 0.222. The van der Waals surface area contributed by atoms with Crippen LogP contribution in [0, 0.1) is 6.92 Å². The summed E-state index contributed by atoms with van der Waals surface area (Å²) in [6, 6.07) is 10.00. The molecule has 0 unspecified atom stereocenters. The molecule has 0 radical (unpaired) electrons. The molecule has 9 nitrogen and oxygen atoms in total. The fourth-order valence-corrected chi connectivity index (χ4v) is 2.17. The molecule has 0 saturated heterocycles. The van der Waals surface area contributed by atoms with Gasteiger partial charge in [-0.15, -0.1) is 0 Å². The van der Waals surface area contributed by atoms with Crippen LogP contribution < -0.4 is 15.4 Å². The minimum Gasteiger partial charge on any atom is -0.485 e. The maximum atomic E-state index is 12.1. The molecule has 0 aliphatic heterocycles. The van der Waals surface area contributed by atoms with Crippen LogP contribution in [0.1, 0.15) is 27.8 Å². The van der Waals surface area contributed by atoms with Crippen molar-refractivity contribution in [2.75, 3.05) is 6.54 Å². The lowest BCUT2D eigenvalue weighted by Gasteiger charge is -2.07. The summed E-state index contributed by atoms with van der Waals surface area (Å²) in [5.74, 6) is 1.44. The van der Waals surface area contributed by atoms with Gasteiger partial charge in [-0.25, -0.2) is 0 Å². The number of hydrogen-bond acceptors (Lipinski definition) is 7. The van der Waals surface area contributed by atoms with Crippen LogP contribution in [0.3, 0.4) is 0 Å². The summed E-state index contributed by atoms with van der Waals surface area (Å²) in [4.78, 5) is 27.9. The van der Waals surface area contributed by atoms with E-state index in [0.717, 1.165) is 0 Å². The van der Waals surface area contributed by atoms with E-state index in [4.69, 9.17) is 13.7 Å². The number of carbonyl (C=O) groups is 2. The van der Waals surface area contributed by atoms with Crippen molar-refractivity contribution in [1.82, 2.24) is 20.8 Å². The number of amides is 2. The first-order chi connectivity index (χ1) is 13.1. The lowest BCUT2D eigenvalue weighted by molar-refractivity contribution is -0.120. The molecule has 2 N–H and O–H groups in total. The molecule has 0 saturated carbocycles. The number of hydrogen-bond donors (Lipinski definition) is 2. The predicted molar refractivity (Wildman–Crippen MR) is 92.7 cm³/mol. The smallest absolute Gasteiger partial charge is 0.251 e. The van der Waals surface area contributed by atoms with E-state index in [0.29, 0.717) is 28.8 Å². The van der Waals surface area contributed by atoms with Crippen molar-refractivity contribution in [3.63, 3.8) is 0 Å². The third-order valence-electron chi connectivity index (χ3n) is 3.50. The lowest BCUT2D eigenvalue weighted by atomic mass is 10.2. The molecule has 140 valence electrons. The second-order valence-corrected chi connectivity index (χ2v) is 5.58. The monoisotopic (exact) mass is 370 g/mol. The van der Waals surface area contributed by atoms with Gasteiger partial charge in [-0.05, 0) is 36.4 Å². The van der Waals surface area contributed by atoms with E-state index in [1.807, 2.05) is 0 Å². The average Bonchev–Trinajstić information content (AvgIpc) is 3.34. The highest BCUT2D eigenvalue weighted by molar-refractivity contribution is 5.96. The average molecular weight is 370 g/mol. The van der Waals surface area contributed by atoms with Crippen LogP contribution in [0.25, 0.3) is 0 Å². The van der Waals surface area contributed by atoms with Crippen molar-refractivity contribution >= 4 is 11.8 Å². The fourth-order valence-electron chi connectivity index (χ4n) is 2.17. The zero-order chi connectivity index (χ0) is 19.1. The number of furan rings is 1. The topological polar surface area (TPSA) is 119 Å². The van der Waals surface area contributed by atoms with Gasteiger partial charge in [0.05, 0.1) is 19.4 Å². The van der Waals surface area contributed by atoms with E-state index >= 15 is 0 Å². The number of carbonyl (C=O) groups excluding carboxylic acids is 2. The third-order valence-corrected chi connectivity index (χ3v) is 3.50. The van der Waals surface area contributed by atoms with E-state index in [-0.39, 0.29) is 31.5 Å². The number of ether oxygens (including phenoxy) is 1. The van der Waals surface area contributed by atoms with E-state index in [1.54, 1.807) is 43.3 Å². The molecule has 3 aromatic rings. The van der Waals surface area contributed by atoms with Crippen molar-refractivity contribution in [2.24, 2.45) is 0 Å². The molecule has 3 rings (SSSR count). The maximum absolute atomic E-state index is 12.1. The number of nitrogens with zero attached hydrogens (tertiary/aromatic N) is 2. The van der Waals surface area contributed by atoms with Crippen LogP contribution in [0.15, 0.2) is 51.6 Å². The summed E-state index contributed by atoms with van der Waals surface area (Å²) in [5.41, 5.74) is 0.414. The standard InChI is InChI=1S/C18H18N4O5/c1-12-21-16(22-27-12)11-26-14-6-4-13(5-7-14)18(24)20-10-17(23)19-9-15-3-2-8-25-15/h2-8H,9-11H2,1H3,(H,19,23)(H,20,24). The third kappa shape index (κ3) is 5.43. The molecule has 9 heteroatoms. The van der Waals surface area contributed by atoms with Gasteiger partial charge in [0.25, 0.3) is 5.91 Å². The van der Waals surface area contributed by atoms with Crippen molar-refractivity contribution in [3.8, 4) is 5.75 Å². The Hall–Kier alpha value is -3.62. The van der Waals surface area contributed by atoms with Crippen LogP contribution in [-0.2, 0) is 17.9 Å². The van der Waals surface area contributed by atoms with E-state index in [9.17, 15) is 9.59 Å². The molecule has 0 atom stereocenters. The molecule has 0 bridgehead atoms. The Morgan fingerprint density at radius 3 is 2.63 bits per heavy atom. The molecule has 2 amide bonds. The van der Waals surface area contributed by atoms with Gasteiger partial charge in [0.1, 0.15) is 11.5 Å². The molecule has 0 aliphatic carbocycles. The molecule has 2 heterocycles. The highest BCUT2D eigenvalue weighted by Gasteiger charge is 2.09. The lowest BCUT2D eigenvalue weighted by Crippen LogP contribution is -2.36. The zero-order valence-electron chi connectivity index (χ0n) is 14.6. The maximum Gasteiger partial charge on any atom is 0.251 e. The Morgan fingerprint density at radius 2 is 1.96 bits per heavy atom. The number of aromatic nitrogens is 2. The first kappa shape index (κ1) is 18.2. The Balaban J connectivity index is 1.42. The van der Waals surface area contributed by atoms with Crippen LogP contribution >= 0.6 is 0 Å². The van der Waals surface area contributed by atoms with Crippen LogP contribution in [-0.4, -0.2) is 28.5 Å². The summed E-state index contributed by atoms with van der Waals surface area (Å²) >= 11 is 0. The molecule has 1 aromatic carbocycles. The van der Waals surface area contributed by atoms with Crippen molar-refractivity contribution in [2.45, 2.75) is 20.1 Å². The Bertz CT molecular complexity index is 887. The van der Waals surface area contributed by atoms with Crippen LogP contribution in [0.4, 0.5) is 0 Å². The molecule has 0 fully saturated rings. The molecule has 0 spiro atoms. The Kier molecular flexibility index (Phi) is 5.83. The van der Waals surface area contributed by atoms with Gasteiger partial charge in [0.2, 0.25) is 17.6 Å². The largest absolute Gasteiger partial charge is 0.485 e.